The number of benzene rings is 2. The molecule has 0 aromatic heterocycles. The fraction of sp³-hybridized carbons (Fsp3) is 0.444. The number of carbonyl (C=O) groups is 3. The molecule has 2 aromatic carbocycles. The van der Waals surface area contributed by atoms with Gasteiger partial charge < -0.3 is 26.0 Å². The quantitative estimate of drug-likeness (QED) is 0.588. The predicted octanol–water partition coefficient (Wildman–Crippen LogP) is 3.14. The van der Waals surface area contributed by atoms with Gasteiger partial charge in [0.05, 0.1) is 0 Å². The first kappa shape index (κ1) is 26.2. The summed E-state index contributed by atoms with van der Waals surface area (Å²) in [6.07, 6.45) is 4.97. The first-order chi connectivity index (χ1) is 17.0. The summed E-state index contributed by atoms with van der Waals surface area (Å²) in [6.45, 7) is 3.51. The van der Waals surface area contributed by atoms with Gasteiger partial charge in [0.2, 0.25) is 11.8 Å². The van der Waals surface area contributed by atoms with E-state index >= 15 is 0 Å². The number of rotatable bonds is 6. The minimum atomic E-state index is -0.726. The number of piperazine rings is 1. The first-order valence-electron chi connectivity index (χ1n) is 12.4. The van der Waals surface area contributed by atoms with Crippen LogP contribution >= 0.6 is 0 Å². The molecule has 1 unspecified atom stereocenters. The van der Waals surface area contributed by atoms with Crippen molar-refractivity contribution in [3.63, 3.8) is 0 Å². The summed E-state index contributed by atoms with van der Waals surface area (Å²) in [4.78, 5) is 37.1. The summed E-state index contributed by atoms with van der Waals surface area (Å²) in [6, 6.07) is 18.1. The maximum atomic E-state index is 12.2. The normalized spacial score (nSPS) is 16.9. The molecule has 2 aromatic rings. The van der Waals surface area contributed by atoms with E-state index in [4.69, 9.17) is 10.5 Å². The lowest BCUT2D eigenvalue weighted by Crippen LogP contribution is -2.46. The molecule has 1 saturated heterocycles. The summed E-state index contributed by atoms with van der Waals surface area (Å²) in [5.74, 6) is -0.540. The van der Waals surface area contributed by atoms with Gasteiger partial charge >= 0.3 is 6.09 Å². The Kier molecular flexibility index (Phi) is 10.6. The van der Waals surface area contributed by atoms with E-state index < -0.39 is 11.9 Å². The smallest absolute Gasteiger partial charge is 0.410 e. The molecule has 35 heavy (non-hydrogen) atoms. The highest BCUT2D eigenvalue weighted by atomic mass is 16.6. The van der Waals surface area contributed by atoms with Crippen molar-refractivity contribution in [2.45, 2.75) is 44.8 Å². The summed E-state index contributed by atoms with van der Waals surface area (Å²) in [7, 11) is 0. The van der Waals surface area contributed by atoms with E-state index in [1.165, 1.54) is 6.42 Å². The third kappa shape index (κ3) is 8.72. The molecule has 0 bridgehead atoms. The Bertz CT molecular complexity index is 927. The number of nitrogens with one attached hydrogen (secondary N) is 2. The molecule has 0 spiro atoms. The number of primary amides is 1. The summed E-state index contributed by atoms with van der Waals surface area (Å²) >= 11 is 0. The first-order valence-corrected chi connectivity index (χ1v) is 12.4. The van der Waals surface area contributed by atoms with Crippen molar-refractivity contribution in [2.24, 2.45) is 11.7 Å². The van der Waals surface area contributed by atoms with E-state index in [0.717, 1.165) is 63.0 Å². The van der Waals surface area contributed by atoms with Crippen LogP contribution in [-0.2, 0) is 20.9 Å². The SMILES string of the molecule is NC(=O)C(NC(=O)C1CCCCC1)c1ccccc1.O=C(OCc1ccccc1)N1CCNCC1. The number of hydrogen-bond donors (Lipinski definition) is 3. The van der Waals surface area contributed by atoms with Gasteiger partial charge in [-0.1, -0.05) is 79.9 Å². The van der Waals surface area contributed by atoms with Crippen LogP contribution in [0.2, 0.25) is 0 Å². The molecule has 8 nitrogen and oxygen atoms in total. The number of nitrogens with two attached hydrogens (primary N) is 1. The monoisotopic (exact) mass is 480 g/mol. The van der Waals surface area contributed by atoms with Gasteiger partial charge in [-0.25, -0.2) is 4.79 Å². The molecular formula is C27H36N4O4. The average Bonchev–Trinajstić information content (AvgIpc) is 2.92. The molecule has 0 radical (unpaired) electrons. The van der Waals surface area contributed by atoms with E-state index in [1.807, 2.05) is 48.5 Å². The lowest BCUT2D eigenvalue weighted by Gasteiger charge is -2.26. The Morgan fingerprint density at radius 2 is 1.54 bits per heavy atom. The largest absolute Gasteiger partial charge is 0.445 e. The number of carbonyl (C=O) groups excluding carboxylic acids is 3. The lowest BCUT2D eigenvalue weighted by atomic mass is 9.88. The van der Waals surface area contributed by atoms with Gasteiger partial charge in [0.25, 0.3) is 0 Å². The second kappa shape index (κ2) is 14.1. The Morgan fingerprint density at radius 1 is 0.943 bits per heavy atom. The van der Waals surface area contributed by atoms with Crippen molar-refractivity contribution in [1.82, 2.24) is 15.5 Å². The Balaban J connectivity index is 0.000000198. The van der Waals surface area contributed by atoms with Crippen LogP contribution in [0.25, 0.3) is 0 Å². The third-order valence-corrected chi connectivity index (χ3v) is 6.26. The summed E-state index contributed by atoms with van der Waals surface area (Å²) in [5, 5.41) is 5.98. The standard InChI is InChI=1S/C15H20N2O2.C12H16N2O2/c16-14(18)13(11-7-3-1-4-8-11)17-15(19)12-9-5-2-6-10-12;15-12(14-8-6-13-7-9-14)16-10-11-4-2-1-3-5-11/h1,3-4,7-8,12-13H,2,5-6,9-10H2,(H2,16,18)(H,17,19);1-5,13H,6-10H2. The van der Waals surface area contributed by atoms with E-state index in [2.05, 4.69) is 10.6 Å². The maximum absolute atomic E-state index is 12.2. The number of amides is 3. The van der Waals surface area contributed by atoms with Gasteiger partial charge in [-0.05, 0) is 24.0 Å². The molecule has 1 aliphatic carbocycles. The van der Waals surface area contributed by atoms with Crippen molar-refractivity contribution in [1.29, 1.82) is 0 Å². The second-order valence-corrected chi connectivity index (χ2v) is 8.87. The second-order valence-electron chi connectivity index (χ2n) is 8.87. The van der Waals surface area contributed by atoms with Gasteiger partial charge in [0.15, 0.2) is 0 Å². The maximum Gasteiger partial charge on any atom is 0.410 e. The highest BCUT2D eigenvalue weighted by molar-refractivity contribution is 5.88. The van der Waals surface area contributed by atoms with Crippen molar-refractivity contribution in [2.75, 3.05) is 26.2 Å². The molecule has 3 amide bonds. The van der Waals surface area contributed by atoms with Crippen LogP contribution in [0.3, 0.4) is 0 Å². The van der Waals surface area contributed by atoms with Crippen molar-refractivity contribution < 1.29 is 19.1 Å². The molecule has 1 aliphatic heterocycles. The van der Waals surface area contributed by atoms with Crippen LogP contribution < -0.4 is 16.4 Å². The van der Waals surface area contributed by atoms with Crippen LogP contribution in [-0.4, -0.2) is 49.0 Å². The number of hydrogen-bond acceptors (Lipinski definition) is 5. The van der Waals surface area contributed by atoms with Crippen molar-refractivity contribution in [3.8, 4) is 0 Å². The van der Waals surface area contributed by atoms with Crippen LogP contribution in [0.4, 0.5) is 4.79 Å². The van der Waals surface area contributed by atoms with Gasteiger partial charge in [-0.3, -0.25) is 9.59 Å². The molecule has 1 saturated carbocycles. The fourth-order valence-corrected chi connectivity index (χ4v) is 4.25. The zero-order valence-corrected chi connectivity index (χ0v) is 20.2. The zero-order chi connectivity index (χ0) is 24.9. The fourth-order valence-electron chi connectivity index (χ4n) is 4.25. The highest BCUT2D eigenvalue weighted by Crippen LogP contribution is 2.24. The minimum Gasteiger partial charge on any atom is -0.445 e. The third-order valence-electron chi connectivity index (χ3n) is 6.26. The van der Waals surface area contributed by atoms with Gasteiger partial charge in [-0.2, -0.15) is 0 Å². The Hall–Kier alpha value is -3.39. The molecule has 2 aliphatic rings. The molecule has 1 heterocycles. The van der Waals surface area contributed by atoms with Crippen molar-refractivity contribution in [3.05, 3.63) is 71.8 Å². The Morgan fingerprint density at radius 3 is 2.14 bits per heavy atom. The zero-order valence-electron chi connectivity index (χ0n) is 20.2. The molecule has 4 rings (SSSR count). The molecule has 1 atom stereocenters. The summed E-state index contributed by atoms with van der Waals surface area (Å²) < 4.78 is 5.23. The van der Waals surface area contributed by atoms with E-state index in [0.29, 0.717) is 6.61 Å². The topological polar surface area (TPSA) is 114 Å². The van der Waals surface area contributed by atoms with Crippen LogP contribution in [0.5, 0.6) is 0 Å². The Labute approximate surface area is 207 Å². The molecule has 188 valence electrons. The number of ether oxygens (including phenoxy) is 1. The predicted molar refractivity (Wildman–Crippen MR) is 134 cm³/mol. The van der Waals surface area contributed by atoms with Gasteiger partial charge in [-0.15, -0.1) is 0 Å². The van der Waals surface area contributed by atoms with E-state index in [1.54, 1.807) is 17.0 Å². The summed E-state index contributed by atoms with van der Waals surface area (Å²) in [5.41, 5.74) is 7.15. The lowest BCUT2D eigenvalue weighted by molar-refractivity contribution is -0.130. The van der Waals surface area contributed by atoms with E-state index in [9.17, 15) is 14.4 Å². The van der Waals surface area contributed by atoms with Crippen LogP contribution in [0.15, 0.2) is 60.7 Å². The van der Waals surface area contributed by atoms with E-state index in [-0.39, 0.29) is 17.9 Å². The van der Waals surface area contributed by atoms with Crippen molar-refractivity contribution >= 4 is 17.9 Å². The van der Waals surface area contributed by atoms with Crippen LogP contribution in [0, 0.1) is 5.92 Å². The van der Waals surface area contributed by atoms with Gasteiger partial charge in [0.1, 0.15) is 12.6 Å². The molecule has 2 fully saturated rings. The molecular weight excluding hydrogens is 444 g/mol. The van der Waals surface area contributed by atoms with Gasteiger partial charge in [0, 0.05) is 32.1 Å². The molecule has 4 N–H and O–H groups in total. The average molecular weight is 481 g/mol. The van der Waals surface area contributed by atoms with Crippen LogP contribution in [0.1, 0.15) is 49.3 Å². The highest BCUT2D eigenvalue weighted by Gasteiger charge is 2.26. The minimum absolute atomic E-state index is 0.0271. The molecule has 8 heteroatoms. The number of nitrogens with zero attached hydrogens (tertiary/aromatic N) is 1.